The number of para-hydroxylation sites is 8. The summed E-state index contributed by atoms with van der Waals surface area (Å²) in [5, 5.41) is 7.08. The Kier molecular flexibility index (Phi) is 11.7. The van der Waals surface area contributed by atoms with E-state index in [9.17, 15) is 0 Å². The highest BCUT2D eigenvalue weighted by atomic mass is 16.5. The van der Waals surface area contributed by atoms with E-state index >= 15 is 0 Å². The minimum absolute atomic E-state index is 0.251. The van der Waals surface area contributed by atoms with Gasteiger partial charge in [-0.05, 0) is 133 Å². The van der Waals surface area contributed by atoms with Gasteiger partial charge in [-0.25, -0.2) is 0 Å². The van der Waals surface area contributed by atoms with E-state index in [0.29, 0.717) is 0 Å². The molecule has 0 bridgehead atoms. The number of ether oxygens (including phenoxy) is 2. The lowest BCUT2D eigenvalue weighted by Crippen LogP contribution is -2.55. The quantitative estimate of drug-likeness (QED) is 0.121. The Morgan fingerprint density at radius 2 is 0.667 bits per heavy atom. The summed E-state index contributed by atoms with van der Waals surface area (Å²) >= 11 is 0. The number of anilines is 6. The van der Waals surface area contributed by atoms with Gasteiger partial charge in [-0.2, -0.15) is 0 Å². The van der Waals surface area contributed by atoms with Crippen molar-refractivity contribution in [2.45, 2.75) is 0 Å². The van der Waals surface area contributed by atoms with Crippen molar-refractivity contribution in [3.63, 3.8) is 0 Å². The first-order valence-electron chi connectivity index (χ1n) is 29.6. The maximum atomic E-state index is 7.45. The highest BCUT2D eigenvalue weighted by Crippen LogP contribution is 2.45. The largest absolute Gasteiger partial charge is 0.497 e. The molecule has 3 aromatic heterocycles. The third kappa shape index (κ3) is 8.13. The van der Waals surface area contributed by atoms with Crippen molar-refractivity contribution in [2.75, 3.05) is 16.9 Å². The summed E-state index contributed by atoms with van der Waals surface area (Å²) in [6.07, 6.45) is 0. The van der Waals surface area contributed by atoms with Crippen LogP contribution in [0.5, 0.6) is 17.2 Å². The lowest BCUT2D eigenvalue weighted by Gasteiger charge is -2.30. The molecule has 0 spiro atoms. The van der Waals surface area contributed by atoms with Crippen molar-refractivity contribution in [2.24, 2.45) is 0 Å². The van der Waals surface area contributed by atoms with Gasteiger partial charge < -0.3 is 33.0 Å². The van der Waals surface area contributed by atoms with Crippen LogP contribution >= 0.6 is 0 Å². The molecule has 0 saturated heterocycles. The summed E-state index contributed by atoms with van der Waals surface area (Å²) in [6, 6.07) is 111. The summed E-state index contributed by atoms with van der Waals surface area (Å²) in [4.78, 5) is 4.67. The lowest BCUT2D eigenvalue weighted by atomic mass is 9.35. The molecule has 410 valence electrons. The molecule has 0 aliphatic carbocycles. The summed E-state index contributed by atoms with van der Waals surface area (Å²) in [5.74, 6) is 2.26. The van der Waals surface area contributed by atoms with E-state index < -0.39 is 0 Å². The second kappa shape index (κ2) is 20.4. The average molecular weight is 1120 g/mol. The molecule has 0 N–H and O–H groups in total. The van der Waals surface area contributed by atoms with Crippen LogP contribution in [-0.2, 0) is 0 Å². The number of hydrogen-bond acceptors (Lipinski definition) is 4. The van der Waals surface area contributed by atoms with Crippen LogP contribution in [-0.4, -0.2) is 27.5 Å². The first-order chi connectivity index (χ1) is 43.1. The molecule has 17 rings (SSSR count). The van der Waals surface area contributed by atoms with Gasteiger partial charge in [0, 0.05) is 101 Å². The van der Waals surface area contributed by atoms with Crippen molar-refractivity contribution in [3.05, 3.63) is 309 Å². The minimum Gasteiger partial charge on any atom is -0.497 e. The van der Waals surface area contributed by atoms with Crippen LogP contribution in [0.3, 0.4) is 0 Å². The van der Waals surface area contributed by atoms with Gasteiger partial charge >= 0.3 is 0 Å². The van der Waals surface area contributed by atoms with Crippen molar-refractivity contribution >= 4 is 123 Å². The van der Waals surface area contributed by atoms with Gasteiger partial charge in [0.15, 0.2) is 0 Å². The molecule has 16 aromatic rings. The molecule has 0 atom stereocenters. The van der Waals surface area contributed by atoms with Crippen molar-refractivity contribution in [1.82, 2.24) is 13.7 Å². The fourth-order valence-corrected chi connectivity index (χ4v) is 13.8. The number of benzene rings is 13. The van der Waals surface area contributed by atoms with Crippen LogP contribution in [0.25, 0.3) is 82.5 Å². The number of methoxy groups -OCH3 is 1. The number of nitrogens with zero attached hydrogens (tertiary/aromatic N) is 5. The van der Waals surface area contributed by atoms with Crippen molar-refractivity contribution in [1.29, 1.82) is 0 Å². The van der Waals surface area contributed by atoms with E-state index in [1.165, 1.54) is 32.6 Å². The van der Waals surface area contributed by atoms with E-state index in [4.69, 9.17) is 9.47 Å². The summed E-state index contributed by atoms with van der Waals surface area (Å²) in [7, 11) is 1.79. The minimum atomic E-state index is -0.251. The van der Waals surface area contributed by atoms with Crippen molar-refractivity contribution in [3.8, 4) is 34.3 Å². The Balaban J connectivity index is 0.881. The molecule has 8 heteroatoms. The van der Waals surface area contributed by atoms with Gasteiger partial charge in [0.05, 0.1) is 45.9 Å². The zero-order valence-electron chi connectivity index (χ0n) is 47.6. The van der Waals surface area contributed by atoms with E-state index in [1.54, 1.807) is 7.11 Å². The SMILES string of the molecule is COc1cc(-n2c3ccc(N(c4ccccc4)c4ccccc4)cc3c3cc(N(c4ccccc4)c4ccccc4)ccc32)cc2c1B(c1ccc(-n3c4ccccc4c4ccccc43)cc1)c1ccc(-n3c4ccccc4c4ccccc43)cc1O2. The maximum absolute atomic E-state index is 7.45. The van der Waals surface area contributed by atoms with Crippen LogP contribution < -0.4 is 35.7 Å². The molecule has 1 aliphatic rings. The number of rotatable bonds is 11. The molecular weight excluding hydrogens is 1060 g/mol. The Morgan fingerprint density at radius 1 is 0.299 bits per heavy atom. The number of aromatic nitrogens is 3. The molecule has 87 heavy (non-hydrogen) atoms. The Bertz CT molecular complexity index is 4980. The van der Waals surface area contributed by atoms with Gasteiger partial charge in [-0.3, -0.25) is 0 Å². The van der Waals surface area contributed by atoms with Gasteiger partial charge in [0.2, 0.25) is 0 Å². The molecule has 0 radical (unpaired) electrons. The molecular formula is C79H54BN5O2. The normalized spacial score (nSPS) is 12.0. The molecule has 7 nitrogen and oxygen atoms in total. The van der Waals surface area contributed by atoms with Gasteiger partial charge in [-0.1, -0.05) is 169 Å². The zero-order valence-corrected chi connectivity index (χ0v) is 47.6. The molecule has 0 amide bonds. The Labute approximate surface area is 503 Å². The molecule has 1 aliphatic heterocycles. The molecule has 13 aromatic carbocycles. The highest BCUT2D eigenvalue weighted by molar-refractivity contribution is 6.97. The van der Waals surface area contributed by atoms with Crippen LogP contribution in [0.15, 0.2) is 309 Å². The fourth-order valence-electron chi connectivity index (χ4n) is 13.8. The first kappa shape index (κ1) is 50.1. The zero-order chi connectivity index (χ0) is 57.5. The predicted octanol–water partition coefficient (Wildman–Crippen LogP) is 18.5. The Morgan fingerprint density at radius 3 is 1.10 bits per heavy atom. The van der Waals surface area contributed by atoms with Crippen LogP contribution in [0.2, 0.25) is 0 Å². The van der Waals surface area contributed by atoms with Gasteiger partial charge in [0.25, 0.3) is 6.71 Å². The van der Waals surface area contributed by atoms with E-state index in [2.05, 4.69) is 333 Å². The van der Waals surface area contributed by atoms with Crippen LogP contribution in [0.4, 0.5) is 34.1 Å². The summed E-state index contributed by atoms with van der Waals surface area (Å²) in [5.41, 5.74) is 19.3. The van der Waals surface area contributed by atoms with Crippen LogP contribution in [0, 0.1) is 0 Å². The van der Waals surface area contributed by atoms with E-state index in [0.717, 1.165) is 118 Å². The van der Waals surface area contributed by atoms with E-state index in [1.807, 2.05) is 0 Å². The summed E-state index contributed by atoms with van der Waals surface area (Å²) in [6.45, 7) is -0.251. The Hall–Kier alpha value is -11.5. The maximum Gasteiger partial charge on any atom is 0.255 e. The third-order valence-corrected chi connectivity index (χ3v) is 17.6. The van der Waals surface area contributed by atoms with Crippen LogP contribution in [0.1, 0.15) is 0 Å². The molecule has 0 unspecified atom stereocenters. The smallest absolute Gasteiger partial charge is 0.255 e. The second-order valence-corrected chi connectivity index (χ2v) is 22.4. The topological polar surface area (TPSA) is 39.7 Å². The molecule has 0 fully saturated rings. The van der Waals surface area contributed by atoms with Gasteiger partial charge in [0.1, 0.15) is 17.2 Å². The molecule has 0 saturated carbocycles. The lowest BCUT2D eigenvalue weighted by molar-refractivity contribution is 0.413. The van der Waals surface area contributed by atoms with Crippen molar-refractivity contribution < 1.29 is 9.47 Å². The molecule has 4 heterocycles. The highest BCUT2D eigenvalue weighted by Gasteiger charge is 2.37. The monoisotopic (exact) mass is 1120 g/mol. The second-order valence-electron chi connectivity index (χ2n) is 22.4. The summed E-state index contributed by atoms with van der Waals surface area (Å²) < 4.78 is 21.3. The number of hydrogen-bond donors (Lipinski definition) is 0. The van der Waals surface area contributed by atoms with Gasteiger partial charge in [-0.15, -0.1) is 0 Å². The van der Waals surface area contributed by atoms with E-state index in [-0.39, 0.29) is 6.71 Å². The number of fused-ring (bicyclic) bond motifs is 11. The first-order valence-corrected chi connectivity index (χ1v) is 29.6. The predicted molar refractivity (Wildman–Crippen MR) is 363 cm³/mol. The average Bonchev–Trinajstić information content (AvgIpc) is 1.95. The fraction of sp³-hybridized carbons (Fsp3) is 0.0127. The standard InChI is InChI=1S/C79H54BN5O2/c1-86-77-51-62(85-74-46-43-59(81(54-22-6-2-7-23-54)55-24-8-3-9-25-55)48-67(74)68-49-60(44-47-75(68)85)82(56-26-10-4-11-27-56)57-28-12-5-13-29-57)52-78-79(77)80(53-38-40-58(41-39-53)83-70-34-18-14-30-63(70)64-31-15-19-35-71(64)83)69-45-42-61(50-76(69)87-78)84-72-36-20-16-32-65(72)66-33-17-21-37-73(66)84/h2-52H,1H3. The third-order valence-electron chi connectivity index (χ3n) is 17.6.